The van der Waals surface area contributed by atoms with E-state index in [0.717, 1.165) is 35.1 Å². The Morgan fingerprint density at radius 2 is 1.94 bits per heavy atom. The molecule has 1 aromatic heterocycles. The number of halogens is 1. The highest BCUT2D eigenvalue weighted by Crippen LogP contribution is 2.40. The number of hydrogen-bond donors (Lipinski definition) is 1. The number of carbonyl (C=O) groups is 1. The number of para-hydroxylation sites is 1. The lowest BCUT2D eigenvalue weighted by molar-refractivity contribution is -0.116. The molecular weight excluding hydrogens is 428 g/mol. The van der Waals surface area contributed by atoms with E-state index in [-0.39, 0.29) is 18.3 Å². The summed E-state index contributed by atoms with van der Waals surface area (Å²) >= 11 is 0. The Hall–Kier alpha value is -2.90. The fourth-order valence-electron chi connectivity index (χ4n) is 4.54. The number of ether oxygens (including phenoxy) is 2. The number of carbonyl (C=O) groups excluding carboxylic acids is 1. The van der Waals surface area contributed by atoms with E-state index in [1.165, 1.54) is 32.3 Å². The molecule has 7 nitrogen and oxygen atoms in total. The van der Waals surface area contributed by atoms with Crippen molar-refractivity contribution in [2.45, 2.75) is 25.2 Å². The fourth-order valence-corrected chi connectivity index (χ4v) is 4.54. The Labute approximate surface area is 193 Å². The SMILES string of the molecule is COc1cc2c(C3C(=O)Nc4ccccc43)ncnc2cc1OCCCN1CCCC1.Cl. The normalized spacial score (nSPS) is 17.7. The summed E-state index contributed by atoms with van der Waals surface area (Å²) in [5.41, 5.74) is 3.16. The Morgan fingerprint density at radius 3 is 2.75 bits per heavy atom. The van der Waals surface area contributed by atoms with Gasteiger partial charge in [-0.2, -0.15) is 0 Å². The number of anilines is 1. The van der Waals surface area contributed by atoms with Gasteiger partial charge in [0.2, 0.25) is 5.91 Å². The molecule has 5 rings (SSSR count). The van der Waals surface area contributed by atoms with E-state index in [1.54, 1.807) is 7.11 Å². The standard InChI is InChI=1S/C24H26N4O3.ClH/c1-30-20-13-17-19(14-21(20)31-12-6-11-28-9-4-5-10-28)25-15-26-23(17)22-16-7-2-3-8-18(16)27-24(22)29;/h2-3,7-8,13-15,22H,4-6,9-12H2,1H3,(H,27,29);1H. The zero-order valence-corrected chi connectivity index (χ0v) is 18.9. The summed E-state index contributed by atoms with van der Waals surface area (Å²) < 4.78 is 11.7. The highest BCUT2D eigenvalue weighted by atomic mass is 35.5. The molecule has 1 N–H and O–H groups in total. The van der Waals surface area contributed by atoms with E-state index in [1.807, 2.05) is 36.4 Å². The highest BCUT2D eigenvalue weighted by Gasteiger charge is 2.34. The first-order chi connectivity index (χ1) is 15.2. The summed E-state index contributed by atoms with van der Waals surface area (Å²) in [5, 5.41) is 3.74. The molecule has 1 saturated heterocycles. The van der Waals surface area contributed by atoms with Crippen LogP contribution in [0.2, 0.25) is 0 Å². The number of hydrogen-bond acceptors (Lipinski definition) is 6. The third kappa shape index (κ3) is 4.23. The van der Waals surface area contributed by atoms with Gasteiger partial charge in [0, 0.05) is 23.7 Å². The monoisotopic (exact) mass is 454 g/mol. The zero-order chi connectivity index (χ0) is 21.2. The van der Waals surface area contributed by atoms with Crippen molar-refractivity contribution in [2.75, 3.05) is 38.7 Å². The molecule has 0 radical (unpaired) electrons. The van der Waals surface area contributed by atoms with Crippen LogP contribution in [0.3, 0.4) is 0 Å². The van der Waals surface area contributed by atoms with E-state index >= 15 is 0 Å². The number of nitrogens with one attached hydrogen (secondary N) is 1. The van der Waals surface area contributed by atoms with Gasteiger partial charge >= 0.3 is 0 Å². The van der Waals surface area contributed by atoms with Crippen LogP contribution in [0.25, 0.3) is 10.9 Å². The molecule has 32 heavy (non-hydrogen) atoms. The summed E-state index contributed by atoms with van der Waals surface area (Å²) in [5.74, 6) is 0.731. The van der Waals surface area contributed by atoms with Crippen LogP contribution < -0.4 is 14.8 Å². The van der Waals surface area contributed by atoms with Crippen LogP contribution in [0.15, 0.2) is 42.7 Å². The maximum atomic E-state index is 12.7. The van der Waals surface area contributed by atoms with Gasteiger partial charge in [-0.3, -0.25) is 4.79 Å². The van der Waals surface area contributed by atoms with Gasteiger partial charge in [-0.25, -0.2) is 9.97 Å². The number of fused-ring (bicyclic) bond motifs is 2. The van der Waals surface area contributed by atoms with Gasteiger partial charge in [-0.15, -0.1) is 12.4 Å². The van der Waals surface area contributed by atoms with Crippen molar-refractivity contribution in [3.05, 3.63) is 54.0 Å². The first-order valence-corrected chi connectivity index (χ1v) is 10.8. The Bertz CT molecular complexity index is 1120. The van der Waals surface area contributed by atoms with Crippen LogP contribution in [0.5, 0.6) is 11.5 Å². The summed E-state index contributed by atoms with van der Waals surface area (Å²) in [6, 6.07) is 11.5. The van der Waals surface area contributed by atoms with Gasteiger partial charge in [0.1, 0.15) is 12.2 Å². The number of methoxy groups -OCH3 is 1. The van der Waals surface area contributed by atoms with E-state index < -0.39 is 5.92 Å². The largest absolute Gasteiger partial charge is 0.493 e. The lowest BCUT2D eigenvalue weighted by atomic mass is 9.94. The molecule has 1 fully saturated rings. The third-order valence-corrected chi connectivity index (χ3v) is 6.09. The van der Waals surface area contributed by atoms with E-state index in [0.29, 0.717) is 23.8 Å². The van der Waals surface area contributed by atoms with Crippen LogP contribution in [-0.2, 0) is 4.79 Å². The van der Waals surface area contributed by atoms with E-state index in [4.69, 9.17) is 9.47 Å². The molecule has 0 spiro atoms. The maximum absolute atomic E-state index is 12.7. The van der Waals surface area contributed by atoms with Gasteiger partial charge in [-0.05, 0) is 50.0 Å². The average Bonchev–Trinajstić information content (AvgIpc) is 3.42. The van der Waals surface area contributed by atoms with Crippen molar-refractivity contribution in [3.8, 4) is 11.5 Å². The number of aromatic nitrogens is 2. The Balaban J connectivity index is 0.00000245. The van der Waals surface area contributed by atoms with Gasteiger partial charge < -0.3 is 19.7 Å². The van der Waals surface area contributed by atoms with Crippen molar-refractivity contribution in [1.29, 1.82) is 0 Å². The van der Waals surface area contributed by atoms with Crippen molar-refractivity contribution in [1.82, 2.24) is 14.9 Å². The van der Waals surface area contributed by atoms with Crippen LogP contribution in [0.1, 0.15) is 36.4 Å². The minimum atomic E-state index is -0.473. The molecule has 2 aromatic carbocycles. The Morgan fingerprint density at radius 1 is 1.12 bits per heavy atom. The number of amides is 1. The molecule has 8 heteroatoms. The van der Waals surface area contributed by atoms with Gasteiger partial charge in [-0.1, -0.05) is 18.2 Å². The number of likely N-dealkylation sites (tertiary alicyclic amines) is 1. The molecular formula is C24H27ClN4O3. The molecule has 2 aliphatic rings. The second-order valence-electron chi connectivity index (χ2n) is 8.04. The Kier molecular flexibility index (Phi) is 6.77. The topological polar surface area (TPSA) is 76.6 Å². The van der Waals surface area contributed by atoms with Crippen molar-refractivity contribution in [3.63, 3.8) is 0 Å². The molecule has 3 heterocycles. The summed E-state index contributed by atoms with van der Waals surface area (Å²) in [6.07, 6.45) is 5.07. The summed E-state index contributed by atoms with van der Waals surface area (Å²) in [4.78, 5) is 24.1. The minimum Gasteiger partial charge on any atom is -0.493 e. The second kappa shape index (κ2) is 9.71. The highest BCUT2D eigenvalue weighted by molar-refractivity contribution is 6.06. The van der Waals surface area contributed by atoms with Crippen molar-refractivity contribution >= 4 is 34.9 Å². The van der Waals surface area contributed by atoms with Crippen LogP contribution in [0.4, 0.5) is 5.69 Å². The van der Waals surface area contributed by atoms with Crippen LogP contribution in [-0.4, -0.2) is 54.1 Å². The molecule has 1 amide bonds. The first kappa shape index (κ1) is 22.3. The van der Waals surface area contributed by atoms with Crippen molar-refractivity contribution < 1.29 is 14.3 Å². The number of benzene rings is 2. The minimum absolute atomic E-state index is 0. The summed E-state index contributed by atoms with van der Waals surface area (Å²) in [7, 11) is 1.62. The van der Waals surface area contributed by atoms with Gasteiger partial charge in [0.25, 0.3) is 0 Å². The lowest BCUT2D eigenvalue weighted by Crippen LogP contribution is -2.21. The quantitative estimate of drug-likeness (QED) is 0.543. The van der Waals surface area contributed by atoms with Crippen LogP contribution in [0, 0.1) is 0 Å². The van der Waals surface area contributed by atoms with E-state index in [9.17, 15) is 4.79 Å². The van der Waals surface area contributed by atoms with E-state index in [2.05, 4.69) is 20.2 Å². The fraction of sp³-hybridized carbons (Fsp3) is 0.375. The molecule has 0 bridgehead atoms. The van der Waals surface area contributed by atoms with Crippen molar-refractivity contribution in [2.24, 2.45) is 0 Å². The predicted molar refractivity (Wildman–Crippen MR) is 126 cm³/mol. The smallest absolute Gasteiger partial charge is 0.238 e. The number of nitrogens with zero attached hydrogens (tertiary/aromatic N) is 3. The van der Waals surface area contributed by atoms with Gasteiger partial charge in [0.15, 0.2) is 11.5 Å². The molecule has 3 aromatic rings. The molecule has 0 aliphatic carbocycles. The zero-order valence-electron chi connectivity index (χ0n) is 18.0. The average molecular weight is 455 g/mol. The third-order valence-electron chi connectivity index (χ3n) is 6.09. The predicted octanol–water partition coefficient (Wildman–Crippen LogP) is 4.01. The van der Waals surface area contributed by atoms with Gasteiger partial charge in [0.05, 0.1) is 24.9 Å². The molecule has 1 unspecified atom stereocenters. The molecule has 1 atom stereocenters. The second-order valence-corrected chi connectivity index (χ2v) is 8.04. The number of rotatable bonds is 7. The molecule has 2 aliphatic heterocycles. The van der Waals surface area contributed by atoms with Crippen LogP contribution >= 0.6 is 12.4 Å². The molecule has 168 valence electrons. The summed E-state index contributed by atoms with van der Waals surface area (Å²) in [6.45, 7) is 4.06. The lowest BCUT2D eigenvalue weighted by Gasteiger charge is -2.16. The maximum Gasteiger partial charge on any atom is 0.238 e. The molecule has 0 saturated carbocycles. The first-order valence-electron chi connectivity index (χ1n) is 10.8.